The van der Waals surface area contributed by atoms with Gasteiger partial charge in [0.25, 0.3) is 0 Å². The second-order valence-corrected chi connectivity index (χ2v) is 8.10. The van der Waals surface area contributed by atoms with Gasteiger partial charge in [0, 0.05) is 43.1 Å². The lowest BCUT2D eigenvalue weighted by molar-refractivity contribution is -0.111. The van der Waals surface area contributed by atoms with Crippen LogP contribution in [0.3, 0.4) is 0 Å². The van der Waals surface area contributed by atoms with Gasteiger partial charge < -0.3 is 20.4 Å². The third-order valence-corrected chi connectivity index (χ3v) is 5.50. The van der Waals surface area contributed by atoms with Crippen LogP contribution in [0.1, 0.15) is 5.56 Å². The minimum absolute atomic E-state index is 0.287. The van der Waals surface area contributed by atoms with Gasteiger partial charge in [-0.1, -0.05) is 48.9 Å². The monoisotopic (exact) mass is 474 g/mol. The van der Waals surface area contributed by atoms with E-state index in [4.69, 9.17) is 4.74 Å². The highest BCUT2D eigenvalue weighted by Gasteiger charge is 2.11. The van der Waals surface area contributed by atoms with Gasteiger partial charge in [-0.25, -0.2) is 9.97 Å². The quantitative estimate of drug-likeness (QED) is 0.144. The molecule has 0 unspecified atom stereocenters. The van der Waals surface area contributed by atoms with E-state index >= 15 is 0 Å². The predicted octanol–water partition coefficient (Wildman–Crippen LogP) is 4.50. The van der Waals surface area contributed by atoms with Crippen molar-refractivity contribution in [1.82, 2.24) is 25.0 Å². The second-order valence-electron chi connectivity index (χ2n) is 7.40. The third kappa shape index (κ3) is 6.02. The minimum atomic E-state index is -0.287. The van der Waals surface area contributed by atoms with Crippen LogP contribution in [-0.4, -0.2) is 40.2 Å². The summed E-state index contributed by atoms with van der Waals surface area (Å²) in [5.74, 6) is 0.613. The molecule has 2 aromatic carbocycles. The van der Waals surface area contributed by atoms with Crippen molar-refractivity contribution < 1.29 is 9.53 Å². The number of anilines is 1. The minimum Gasteiger partial charge on any atom is -0.437 e. The molecule has 4 aromatic rings. The van der Waals surface area contributed by atoms with Gasteiger partial charge in [0.15, 0.2) is 5.65 Å². The fourth-order valence-corrected chi connectivity index (χ4v) is 3.68. The summed E-state index contributed by atoms with van der Waals surface area (Å²) < 4.78 is 9.13. The first kappa shape index (κ1) is 23.5. The van der Waals surface area contributed by atoms with E-state index in [-0.39, 0.29) is 5.91 Å². The Morgan fingerprint density at radius 1 is 1.21 bits per heavy atom. The van der Waals surface area contributed by atoms with E-state index in [0.29, 0.717) is 23.0 Å². The normalized spacial score (nSPS) is 10.9. The summed E-state index contributed by atoms with van der Waals surface area (Å²) >= 11 is 1.62. The van der Waals surface area contributed by atoms with Crippen LogP contribution in [0.2, 0.25) is 0 Å². The Labute approximate surface area is 202 Å². The topological polar surface area (TPSA) is 104 Å². The molecule has 0 radical (unpaired) electrons. The highest BCUT2D eigenvalue weighted by Crippen LogP contribution is 2.29. The highest BCUT2D eigenvalue weighted by atomic mass is 32.2. The molecular weight excluding hydrogens is 448 g/mol. The molecule has 0 bridgehead atoms. The lowest BCUT2D eigenvalue weighted by atomic mass is 10.1. The molecular formula is C25H26N6O2S. The van der Waals surface area contributed by atoms with Gasteiger partial charge in [0.2, 0.25) is 11.8 Å². The summed E-state index contributed by atoms with van der Waals surface area (Å²) in [6, 6.07) is 15.5. The van der Waals surface area contributed by atoms with Crippen molar-refractivity contribution in [2.75, 3.05) is 24.7 Å². The Hall–Kier alpha value is -3.66. The number of nitrogens with one attached hydrogen (secondary N) is 4. The molecule has 8 nitrogen and oxygen atoms in total. The van der Waals surface area contributed by atoms with Crippen molar-refractivity contribution in [2.24, 2.45) is 0 Å². The van der Waals surface area contributed by atoms with Crippen molar-refractivity contribution >= 4 is 34.7 Å². The van der Waals surface area contributed by atoms with Gasteiger partial charge in [0.05, 0.1) is 6.20 Å². The molecule has 174 valence electrons. The summed E-state index contributed by atoms with van der Waals surface area (Å²) in [6.45, 7) is 6.11. The molecule has 0 spiro atoms. The van der Waals surface area contributed by atoms with E-state index in [1.807, 2.05) is 12.5 Å². The Kier molecular flexibility index (Phi) is 7.92. The number of hydrogen-bond donors (Lipinski definition) is 4. The number of rotatable bonds is 11. The van der Waals surface area contributed by atoms with Crippen LogP contribution >= 0.6 is 11.9 Å². The zero-order valence-electron chi connectivity index (χ0n) is 18.8. The molecule has 0 saturated heterocycles. The summed E-state index contributed by atoms with van der Waals surface area (Å²) in [5.41, 5.74) is 5.22. The van der Waals surface area contributed by atoms with Crippen LogP contribution in [-0.2, 0) is 11.3 Å². The van der Waals surface area contributed by atoms with Crippen LogP contribution in [0.4, 0.5) is 5.69 Å². The number of hydrogen-bond acceptors (Lipinski definition) is 7. The molecule has 34 heavy (non-hydrogen) atoms. The highest BCUT2D eigenvalue weighted by molar-refractivity contribution is 7.96. The first-order valence-electron chi connectivity index (χ1n) is 10.8. The number of carbonyl (C=O) groups is 1. The summed E-state index contributed by atoms with van der Waals surface area (Å²) in [6.07, 6.45) is 6.71. The van der Waals surface area contributed by atoms with E-state index < -0.39 is 0 Å². The standard InChI is InChI=1S/C25H26N6O2S/c1-3-22(32)30-19-5-4-6-20(13-19)33-23-16-28-25-24(31-23)21(15-27-25)18-9-7-17(8-10-18)14-26-11-12-29-34-2/h3-10,13,15-16,26,29H,1,11-12,14H2,2H3,(H,27,28)(H,30,32). The number of carbonyl (C=O) groups excluding carboxylic acids is 1. The number of benzene rings is 2. The van der Waals surface area contributed by atoms with Crippen molar-refractivity contribution in [3.8, 4) is 22.8 Å². The SMILES string of the molecule is C=CC(=O)Nc1cccc(Oc2cnc3[nH]cc(-c4ccc(CNCCNSC)cc4)c3n2)c1. The first-order chi connectivity index (χ1) is 16.7. The smallest absolute Gasteiger partial charge is 0.247 e. The number of aromatic amines is 1. The average Bonchev–Trinajstić information content (AvgIpc) is 3.28. The number of fused-ring (bicyclic) bond motifs is 1. The van der Waals surface area contributed by atoms with Crippen molar-refractivity contribution in [3.05, 3.63) is 79.1 Å². The summed E-state index contributed by atoms with van der Waals surface area (Å²) in [4.78, 5) is 23.8. The van der Waals surface area contributed by atoms with Crippen LogP contribution in [0.5, 0.6) is 11.6 Å². The maximum Gasteiger partial charge on any atom is 0.247 e. The first-order valence-corrected chi connectivity index (χ1v) is 12.0. The average molecular weight is 475 g/mol. The van der Waals surface area contributed by atoms with Crippen LogP contribution < -0.4 is 20.1 Å². The molecule has 2 aromatic heterocycles. The fourth-order valence-electron chi connectivity index (χ4n) is 3.37. The van der Waals surface area contributed by atoms with Crippen molar-refractivity contribution in [1.29, 1.82) is 0 Å². The number of ether oxygens (including phenoxy) is 1. The molecule has 4 N–H and O–H groups in total. The van der Waals surface area contributed by atoms with Crippen molar-refractivity contribution in [3.63, 3.8) is 0 Å². The molecule has 4 rings (SSSR count). The van der Waals surface area contributed by atoms with E-state index in [9.17, 15) is 4.79 Å². The Balaban J connectivity index is 1.48. The Morgan fingerprint density at radius 3 is 2.85 bits per heavy atom. The van der Waals surface area contributed by atoms with Gasteiger partial charge in [0.1, 0.15) is 11.3 Å². The molecule has 9 heteroatoms. The van der Waals surface area contributed by atoms with Crippen molar-refractivity contribution in [2.45, 2.75) is 6.54 Å². The van der Waals surface area contributed by atoms with Gasteiger partial charge >= 0.3 is 0 Å². The van der Waals surface area contributed by atoms with Gasteiger partial charge in [-0.15, -0.1) is 0 Å². The summed E-state index contributed by atoms with van der Waals surface area (Å²) in [7, 11) is 0. The molecule has 1 amide bonds. The van der Waals surface area contributed by atoms with E-state index in [1.165, 1.54) is 11.6 Å². The molecule has 0 aliphatic rings. The maximum absolute atomic E-state index is 11.5. The Morgan fingerprint density at radius 2 is 2.06 bits per heavy atom. The van der Waals surface area contributed by atoms with Gasteiger partial charge in [-0.3, -0.25) is 9.52 Å². The number of amides is 1. The Bertz CT molecular complexity index is 1270. The van der Waals surface area contributed by atoms with E-state index in [0.717, 1.165) is 36.3 Å². The number of H-pyrrole nitrogens is 1. The van der Waals surface area contributed by atoms with E-state index in [2.05, 4.69) is 61.2 Å². The number of aromatic nitrogens is 3. The van der Waals surface area contributed by atoms with Gasteiger partial charge in [-0.2, -0.15) is 0 Å². The molecule has 0 saturated carbocycles. The molecule has 0 aliphatic heterocycles. The second kappa shape index (κ2) is 11.5. The third-order valence-electron chi connectivity index (χ3n) is 5.01. The maximum atomic E-state index is 11.5. The van der Waals surface area contributed by atoms with Crippen LogP contribution in [0.15, 0.2) is 73.6 Å². The fraction of sp³-hybridized carbons (Fsp3) is 0.160. The molecule has 0 fully saturated rings. The molecule has 0 atom stereocenters. The largest absolute Gasteiger partial charge is 0.437 e. The zero-order chi connectivity index (χ0) is 23.8. The molecule has 0 aliphatic carbocycles. The van der Waals surface area contributed by atoms with Crippen LogP contribution in [0.25, 0.3) is 22.3 Å². The predicted molar refractivity (Wildman–Crippen MR) is 138 cm³/mol. The summed E-state index contributed by atoms with van der Waals surface area (Å²) in [5, 5.41) is 6.13. The molecule has 2 heterocycles. The lowest BCUT2D eigenvalue weighted by Gasteiger charge is -2.08. The number of nitrogens with zero attached hydrogens (tertiary/aromatic N) is 2. The van der Waals surface area contributed by atoms with Crippen LogP contribution in [0, 0.1) is 0 Å². The van der Waals surface area contributed by atoms with Gasteiger partial charge in [-0.05, 0) is 35.6 Å². The zero-order valence-corrected chi connectivity index (χ0v) is 19.6. The lowest BCUT2D eigenvalue weighted by Crippen LogP contribution is -2.23. The van der Waals surface area contributed by atoms with E-state index in [1.54, 1.807) is 42.4 Å².